The Balaban J connectivity index is 2.16. The molecule has 4 heteroatoms. The molecule has 0 saturated carbocycles. The highest BCUT2D eigenvalue weighted by molar-refractivity contribution is 6.08. The minimum Gasteiger partial charge on any atom is -0.508 e. The Bertz CT molecular complexity index is 1150. The van der Waals surface area contributed by atoms with E-state index in [2.05, 4.69) is 29.7 Å². The van der Waals surface area contributed by atoms with Crippen molar-refractivity contribution >= 4 is 21.9 Å². The Morgan fingerprint density at radius 3 is 2.29 bits per heavy atom. The van der Waals surface area contributed by atoms with Crippen LogP contribution in [0, 0.1) is 6.92 Å². The molecule has 24 heavy (non-hydrogen) atoms. The van der Waals surface area contributed by atoms with E-state index in [9.17, 15) is 9.90 Å². The maximum atomic E-state index is 12.9. The van der Waals surface area contributed by atoms with Crippen LogP contribution in [0.3, 0.4) is 0 Å². The van der Waals surface area contributed by atoms with Gasteiger partial charge in [-0.15, -0.1) is 0 Å². The largest absolute Gasteiger partial charge is 0.508 e. The second-order valence-corrected chi connectivity index (χ2v) is 6.29. The summed E-state index contributed by atoms with van der Waals surface area (Å²) in [6.07, 6.45) is 0. The molecule has 1 N–H and O–H groups in total. The maximum Gasteiger partial charge on any atom is 0.259 e. The summed E-state index contributed by atoms with van der Waals surface area (Å²) in [5, 5.41) is 11.7. The maximum absolute atomic E-state index is 12.9. The summed E-state index contributed by atoms with van der Waals surface area (Å²) in [6.45, 7) is 2.07. The molecule has 0 saturated heterocycles. The van der Waals surface area contributed by atoms with Crippen molar-refractivity contribution in [3.63, 3.8) is 0 Å². The molecule has 4 nitrogen and oxygen atoms in total. The van der Waals surface area contributed by atoms with Crippen molar-refractivity contribution in [2.24, 2.45) is 14.1 Å². The van der Waals surface area contributed by atoms with Gasteiger partial charge in [0.1, 0.15) is 11.4 Å². The SMILES string of the molecule is Cc1ccc2c(c1)c1cc(-c3ccc(O)cc3)c(=O)n(C)c1n2C. The number of hydrogen-bond acceptors (Lipinski definition) is 2. The Kier molecular flexibility index (Phi) is 3.03. The molecule has 0 amide bonds. The van der Waals surface area contributed by atoms with Gasteiger partial charge in [0.15, 0.2) is 0 Å². The van der Waals surface area contributed by atoms with Crippen LogP contribution in [0.25, 0.3) is 33.1 Å². The fourth-order valence-electron chi connectivity index (χ4n) is 3.45. The highest BCUT2D eigenvalue weighted by Crippen LogP contribution is 2.30. The molecule has 0 aliphatic carbocycles. The van der Waals surface area contributed by atoms with Crippen molar-refractivity contribution in [1.82, 2.24) is 9.13 Å². The van der Waals surface area contributed by atoms with Gasteiger partial charge in [0, 0.05) is 30.4 Å². The summed E-state index contributed by atoms with van der Waals surface area (Å²) < 4.78 is 3.76. The first-order chi connectivity index (χ1) is 11.5. The smallest absolute Gasteiger partial charge is 0.259 e. The molecule has 0 aliphatic heterocycles. The third-order valence-corrected chi connectivity index (χ3v) is 4.68. The predicted octanol–water partition coefficient (Wildman–Crippen LogP) is 3.71. The minimum atomic E-state index is -0.0455. The van der Waals surface area contributed by atoms with Crippen molar-refractivity contribution in [3.8, 4) is 16.9 Å². The van der Waals surface area contributed by atoms with Crippen molar-refractivity contribution in [3.05, 3.63) is 64.4 Å². The molecule has 0 unspecified atom stereocenters. The van der Waals surface area contributed by atoms with Gasteiger partial charge in [-0.25, -0.2) is 0 Å². The van der Waals surface area contributed by atoms with Crippen LogP contribution in [-0.2, 0) is 14.1 Å². The third-order valence-electron chi connectivity index (χ3n) is 4.68. The predicted molar refractivity (Wildman–Crippen MR) is 97.5 cm³/mol. The van der Waals surface area contributed by atoms with Gasteiger partial charge in [0.2, 0.25) is 0 Å². The van der Waals surface area contributed by atoms with Crippen molar-refractivity contribution in [1.29, 1.82) is 0 Å². The first-order valence-electron chi connectivity index (χ1n) is 7.85. The van der Waals surface area contributed by atoms with Gasteiger partial charge in [0.25, 0.3) is 5.56 Å². The Morgan fingerprint density at radius 2 is 1.58 bits per heavy atom. The topological polar surface area (TPSA) is 47.2 Å². The third kappa shape index (κ3) is 1.96. The van der Waals surface area contributed by atoms with Gasteiger partial charge in [-0.3, -0.25) is 9.36 Å². The summed E-state index contributed by atoms with van der Waals surface area (Å²) in [5.41, 5.74) is 4.60. The number of aromatic nitrogens is 2. The Labute approximate surface area is 139 Å². The Hall–Kier alpha value is -3.01. The summed E-state index contributed by atoms with van der Waals surface area (Å²) >= 11 is 0. The van der Waals surface area contributed by atoms with E-state index in [4.69, 9.17) is 0 Å². The van der Waals surface area contributed by atoms with Crippen LogP contribution < -0.4 is 5.56 Å². The average molecular weight is 318 g/mol. The summed E-state index contributed by atoms with van der Waals surface area (Å²) in [4.78, 5) is 12.9. The fraction of sp³-hybridized carbons (Fsp3) is 0.150. The monoisotopic (exact) mass is 318 g/mol. The van der Waals surface area contributed by atoms with E-state index < -0.39 is 0 Å². The molecule has 0 aliphatic rings. The molecular weight excluding hydrogens is 300 g/mol. The number of aryl methyl sites for hydroxylation is 3. The van der Waals surface area contributed by atoms with E-state index in [0.717, 1.165) is 27.5 Å². The fourth-order valence-corrected chi connectivity index (χ4v) is 3.45. The van der Waals surface area contributed by atoms with Crippen LogP contribution in [0.15, 0.2) is 53.3 Å². The molecule has 0 spiro atoms. The first-order valence-corrected chi connectivity index (χ1v) is 7.85. The van der Waals surface area contributed by atoms with Crippen LogP contribution in [0.1, 0.15) is 5.56 Å². The van der Waals surface area contributed by atoms with Crippen LogP contribution in [0.2, 0.25) is 0 Å². The lowest BCUT2D eigenvalue weighted by atomic mass is 10.0. The number of phenols is 1. The van der Waals surface area contributed by atoms with E-state index in [1.807, 2.05) is 13.1 Å². The van der Waals surface area contributed by atoms with Crippen molar-refractivity contribution in [2.45, 2.75) is 6.92 Å². The normalized spacial score (nSPS) is 11.5. The van der Waals surface area contributed by atoms with Crippen LogP contribution >= 0.6 is 0 Å². The average Bonchev–Trinajstić information content (AvgIpc) is 2.84. The summed E-state index contributed by atoms with van der Waals surface area (Å²) in [5.74, 6) is 0.192. The number of nitrogens with zero attached hydrogens (tertiary/aromatic N) is 2. The molecular formula is C20H18N2O2. The van der Waals surface area contributed by atoms with E-state index in [1.54, 1.807) is 35.9 Å². The van der Waals surface area contributed by atoms with E-state index >= 15 is 0 Å². The molecule has 2 aromatic heterocycles. The summed E-state index contributed by atoms with van der Waals surface area (Å²) in [6, 6.07) is 15.0. The number of hydrogen-bond donors (Lipinski definition) is 1. The molecule has 0 radical (unpaired) electrons. The van der Waals surface area contributed by atoms with Crippen molar-refractivity contribution in [2.75, 3.05) is 0 Å². The number of aromatic hydroxyl groups is 1. The first kappa shape index (κ1) is 14.6. The number of rotatable bonds is 1. The highest BCUT2D eigenvalue weighted by atomic mass is 16.3. The quantitative estimate of drug-likeness (QED) is 0.581. The zero-order valence-corrected chi connectivity index (χ0v) is 13.9. The number of phenolic OH excluding ortho intramolecular Hbond substituents is 1. The van der Waals surface area contributed by atoms with E-state index in [1.165, 1.54) is 5.56 Å². The number of pyridine rings is 1. The molecule has 4 rings (SSSR count). The second kappa shape index (κ2) is 4.99. The second-order valence-electron chi connectivity index (χ2n) is 6.29. The molecule has 0 fully saturated rings. The van der Waals surface area contributed by atoms with Gasteiger partial charge in [0.05, 0.1) is 5.52 Å². The van der Waals surface area contributed by atoms with Gasteiger partial charge in [-0.05, 0) is 42.8 Å². The van der Waals surface area contributed by atoms with Gasteiger partial charge in [-0.1, -0.05) is 23.8 Å². The lowest BCUT2D eigenvalue weighted by molar-refractivity contribution is 0.475. The zero-order chi connectivity index (χ0) is 17.0. The molecule has 120 valence electrons. The van der Waals surface area contributed by atoms with Crippen molar-refractivity contribution < 1.29 is 5.11 Å². The standard InChI is InChI=1S/C20H18N2O2/c1-12-4-9-18-16(10-12)17-11-15(13-5-7-14(23)8-6-13)20(24)22(3)19(17)21(18)2/h4-11,23H,1-3H3. The number of benzene rings is 2. The Morgan fingerprint density at radius 1 is 0.875 bits per heavy atom. The van der Waals surface area contributed by atoms with Crippen LogP contribution in [0.5, 0.6) is 5.75 Å². The van der Waals surface area contributed by atoms with Crippen LogP contribution in [0.4, 0.5) is 0 Å². The highest BCUT2D eigenvalue weighted by Gasteiger charge is 2.15. The van der Waals surface area contributed by atoms with Gasteiger partial charge >= 0.3 is 0 Å². The lowest BCUT2D eigenvalue weighted by Gasteiger charge is -2.08. The molecule has 2 heterocycles. The van der Waals surface area contributed by atoms with Gasteiger partial charge < -0.3 is 9.67 Å². The molecule has 0 bridgehead atoms. The molecule has 2 aromatic carbocycles. The number of fused-ring (bicyclic) bond motifs is 3. The molecule has 4 aromatic rings. The van der Waals surface area contributed by atoms with Gasteiger partial charge in [-0.2, -0.15) is 0 Å². The zero-order valence-electron chi connectivity index (χ0n) is 13.9. The van der Waals surface area contributed by atoms with E-state index in [0.29, 0.717) is 5.56 Å². The summed E-state index contributed by atoms with van der Waals surface area (Å²) in [7, 11) is 3.79. The molecule has 0 atom stereocenters. The van der Waals surface area contributed by atoms with Crippen LogP contribution in [-0.4, -0.2) is 14.2 Å². The van der Waals surface area contributed by atoms with E-state index in [-0.39, 0.29) is 11.3 Å². The minimum absolute atomic E-state index is 0.0455. The lowest BCUT2D eigenvalue weighted by Crippen LogP contribution is -2.20.